The Hall–Kier alpha value is -2.97. The van der Waals surface area contributed by atoms with Gasteiger partial charge >= 0.3 is 0 Å². The van der Waals surface area contributed by atoms with E-state index in [4.69, 9.17) is 44.3 Å². The molecule has 0 fully saturated rings. The number of ether oxygens (including phenoxy) is 2. The molecule has 0 saturated heterocycles. The van der Waals surface area contributed by atoms with Gasteiger partial charge in [-0.25, -0.2) is 0 Å². The van der Waals surface area contributed by atoms with E-state index in [0.717, 1.165) is 26.9 Å². The molecule has 0 aliphatic heterocycles. The summed E-state index contributed by atoms with van der Waals surface area (Å²) >= 11 is 22.1. The van der Waals surface area contributed by atoms with Crippen LogP contribution in [0.4, 0.5) is 5.69 Å². The highest BCUT2D eigenvalue weighted by Crippen LogP contribution is 2.31. The van der Waals surface area contributed by atoms with Gasteiger partial charge in [0.2, 0.25) is 5.91 Å². The number of aryl methyl sites for hydroxylation is 1. The molecule has 0 aliphatic rings. The van der Waals surface area contributed by atoms with E-state index < -0.39 is 0 Å². The summed E-state index contributed by atoms with van der Waals surface area (Å²) in [6.45, 7) is 4.38. The maximum atomic E-state index is 12.8. The van der Waals surface area contributed by atoms with Gasteiger partial charge in [-0.15, -0.1) is 0 Å². The van der Waals surface area contributed by atoms with Gasteiger partial charge in [0.1, 0.15) is 18.1 Å². The molecule has 39 heavy (non-hydrogen) atoms. The fourth-order valence-electron chi connectivity index (χ4n) is 3.96. The van der Waals surface area contributed by atoms with Gasteiger partial charge in [0.15, 0.2) is 0 Å². The van der Waals surface area contributed by atoms with E-state index >= 15 is 0 Å². The molecular formula is C29H25BrCl3N3O3. The molecule has 0 unspecified atom stereocenters. The number of benzene rings is 3. The lowest BCUT2D eigenvalue weighted by atomic mass is 10.1. The molecule has 3 aromatic carbocycles. The molecule has 1 N–H and O–H groups in total. The zero-order valence-corrected chi connectivity index (χ0v) is 25.2. The van der Waals surface area contributed by atoms with Crippen LogP contribution in [0.25, 0.3) is 6.08 Å². The Balaban J connectivity index is 1.46. The molecule has 4 rings (SSSR count). The highest BCUT2D eigenvalue weighted by Gasteiger charge is 2.16. The van der Waals surface area contributed by atoms with Crippen molar-refractivity contribution in [3.05, 3.63) is 108 Å². The van der Waals surface area contributed by atoms with E-state index in [0.29, 0.717) is 44.5 Å². The molecule has 0 aliphatic carbocycles. The fourth-order valence-corrected chi connectivity index (χ4v) is 5.28. The van der Waals surface area contributed by atoms with Gasteiger partial charge in [-0.1, -0.05) is 46.9 Å². The first-order valence-corrected chi connectivity index (χ1v) is 13.8. The van der Waals surface area contributed by atoms with Gasteiger partial charge in [0.05, 0.1) is 35.2 Å². The number of rotatable bonds is 9. The van der Waals surface area contributed by atoms with Crippen LogP contribution in [0.1, 0.15) is 28.1 Å². The van der Waals surface area contributed by atoms with Crippen LogP contribution < -0.4 is 14.8 Å². The smallest absolute Gasteiger partial charge is 0.248 e. The van der Waals surface area contributed by atoms with Gasteiger partial charge in [0.25, 0.3) is 0 Å². The van der Waals surface area contributed by atoms with Gasteiger partial charge in [-0.05, 0) is 83.9 Å². The van der Waals surface area contributed by atoms with Crippen LogP contribution in [-0.4, -0.2) is 22.8 Å². The summed E-state index contributed by atoms with van der Waals surface area (Å²) in [6, 6.07) is 16.3. The summed E-state index contributed by atoms with van der Waals surface area (Å²) in [4.78, 5) is 12.8. The first-order valence-electron chi connectivity index (χ1n) is 11.9. The van der Waals surface area contributed by atoms with Crippen molar-refractivity contribution in [1.29, 1.82) is 0 Å². The number of nitrogens with one attached hydrogen (secondary N) is 1. The van der Waals surface area contributed by atoms with Crippen LogP contribution >= 0.6 is 50.7 Å². The topological polar surface area (TPSA) is 65.4 Å². The zero-order valence-electron chi connectivity index (χ0n) is 21.4. The van der Waals surface area contributed by atoms with Crippen LogP contribution in [0, 0.1) is 13.8 Å². The number of carbonyl (C=O) groups is 1. The zero-order chi connectivity index (χ0) is 28.1. The molecule has 0 atom stereocenters. The van der Waals surface area contributed by atoms with E-state index in [2.05, 4.69) is 26.3 Å². The lowest BCUT2D eigenvalue weighted by molar-refractivity contribution is -0.111. The minimum atomic E-state index is -0.282. The van der Waals surface area contributed by atoms with Gasteiger partial charge in [0, 0.05) is 32.3 Å². The number of carbonyl (C=O) groups excluding carboxylic acids is 1. The molecule has 0 spiro atoms. The molecule has 1 amide bonds. The Labute approximate surface area is 250 Å². The van der Waals surface area contributed by atoms with E-state index in [1.807, 2.05) is 32.0 Å². The fraction of sp³-hybridized carbons (Fsp3) is 0.172. The van der Waals surface area contributed by atoms with E-state index in [1.165, 1.54) is 6.08 Å². The second-order valence-electron chi connectivity index (χ2n) is 8.66. The van der Waals surface area contributed by atoms with Crippen molar-refractivity contribution in [3.63, 3.8) is 0 Å². The second kappa shape index (κ2) is 12.9. The number of halogens is 4. The Morgan fingerprint density at radius 2 is 1.77 bits per heavy atom. The van der Waals surface area contributed by atoms with E-state index in [-0.39, 0.29) is 12.5 Å². The Morgan fingerprint density at radius 3 is 2.46 bits per heavy atom. The van der Waals surface area contributed by atoms with Gasteiger partial charge in [-0.2, -0.15) is 5.10 Å². The molecular weight excluding hydrogens is 625 g/mol. The minimum absolute atomic E-state index is 0.268. The van der Waals surface area contributed by atoms with Crippen molar-refractivity contribution in [2.45, 2.75) is 27.0 Å². The normalized spacial score (nSPS) is 11.2. The van der Waals surface area contributed by atoms with Crippen molar-refractivity contribution in [3.8, 4) is 11.5 Å². The highest BCUT2D eigenvalue weighted by atomic mass is 79.9. The molecule has 6 nitrogen and oxygen atoms in total. The molecule has 0 radical (unpaired) electrons. The number of hydrogen-bond acceptors (Lipinski definition) is 4. The lowest BCUT2D eigenvalue weighted by Crippen LogP contribution is -2.10. The maximum absolute atomic E-state index is 12.8. The average molecular weight is 650 g/mol. The molecule has 0 bridgehead atoms. The lowest BCUT2D eigenvalue weighted by Gasteiger charge is -2.12. The Bertz CT molecular complexity index is 1530. The van der Waals surface area contributed by atoms with Crippen LogP contribution in [0.2, 0.25) is 15.1 Å². The summed E-state index contributed by atoms with van der Waals surface area (Å²) in [6.07, 6.45) is 3.21. The van der Waals surface area contributed by atoms with E-state index in [9.17, 15) is 4.79 Å². The maximum Gasteiger partial charge on any atom is 0.248 e. The van der Waals surface area contributed by atoms with Crippen molar-refractivity contribution >= 4 is 68.4 Å². The standard InChI is InChI=1S/C29H25BrCl3N3O3/c1-17-29(18(2)36(35-17)15-22-24(32)5-4-6-25(22)33)34-28(37)12-8-19-7-10-26(38-3)20(13-19)16-39-27-11-9-21(31)14-23(27)30/h4-14H,15-16H2,1-3H3,(H,34,37)/b12-8+. The van der Waals surface area contributed by atoms with Crippen LogP contribution in [0.3, 0.4) is 0 Å². The first-order chi connectivity index (χ1) is 18.7. The third-order valence-corrected chi connectivity index (χ3v) is 7.57. The first kappa shape index (κ1) is 29.0. The number of anilines is 1. The monoisotopic (exact) mass is 647 g/mol. The molecule has 4 aromatic rings. The van der Waals surface area contributed by atoms with Crippen molar-refractivity contribution in [1.82, 2.24) is 9.78 Å². The Kier molecular flexibility index (Phi) is 9.62. The molecule has 202 valence electrons. The summed E-state index contributed by atoms with van der Waals surface area (Å²) in [7, 11) is 1.60. The summed E-state index contributed by atoms with van der Waals surface area (Å²) in [5.74, 6) is 1.05. The SMILES string of the molecule is COc1ccc(/C=C/C(=O)Nc2c(C)nn(Cc3c(Cl)cccc3Cl)c2C)cc1COc1ccc(Cl)cc1Br. The highest BCUT2D eigenvalue weighted by molar-refractivity contribution is 9.10. The number of amides is 1. The quantitative estimate of drug-likeness (QED) is 0.185. The third kappa shape index (κ3) is 7.17. The molecule has 0 saturated carbocycles. The summed E-state index contributed by atoms with van der Waals surface area (Å²) in [5, 5.41) is 9.24. The second-order valence-corrected chi connectivity index (χ2v) is 10.8. The van der Waals surface area contributed by atoms with E-state index in [1.54, 1.807) is 54.3 Å². The Morgan fingerprint density at radius 1 is 1.05 bits per heavy atom. The summed E-state index contributed by atoms with van der Waals surface area (Å²) in [5.41, 5.74) is 4.54. The van der Waals surface area contributed by atoms with Gasteiger partial charge in [-0.3, -0.25) is 9.48 Å². The third-order valence-electron chi connectivity index (χ3n) is 6.01. The number of nitrogens with zero attached hydrogens (tertiary/aromatic N) is 2. The largest absolute Gasteiger partial charge is 0.496 e. The van der Waals surface area contributed by atoms with Gasteiger partial charge < -0.3 is 14.8 Å². The van der Waals surface area contributed by atoms with Crippen LogP contribution in [-0.2, 0) is 17.9 Å². The number of methoxy groups -OCH3 is 1. The van der Waals surface area contributed by atoms with Crippen molar-refractivity contribution in [2.75, 3.05) is 12.4 Å². The minimum Gasteiger partial charge on any atom is -0.496 e. The number of aromatic nitrogens is 2. The average Bonchev–Trinajstić information content (AvgIpc) is 3.16. The van der Waals surface area contributed by atoms with Crippen molar-refractivity contribution < 1.29 is 14.3 Å². The van der Waals surface area contributed by atoms with Crippen LogP contribution in [0.5, 0.6) is 11.5 Å². The van der Waals surface area contributed by atoms with Crippen molar-refractivity contribution in [2.24, 2.45) is 0 Å². The molecule has 1 aromatic heterocycles. The predicted molar refractivity (Wildman–Crippen MR) is 161 cm³/mol. The van der Waals surface area contributed by atoms with Crippen LogP contribution in [0.15, 0.2) is 65.1 Å². The number of hydrogen-bond donors (Lipinski definition) is 1. The molecule has 1 heterocycles. The summed E-state index contributed by atoms with van der Waals surface area (Å²) < 4.78 is 14.0. The predicted octanol–water partition coefficient (Wildman–Crippen LogP) is 8.51. The molecule has 10 heteroatoms.